The average molecular weight is 228 g/mol. The standard InChI is InChI=1S/C11H11Cl2N/c12-10-2-1-9(4-11(10)13)14-5-7-3-8(7)6-14/h1-2,4,7-8H,3,5-6H2. The van der Waals surface area contributed by atoms with Gasteiger partial charge in [-0.3, -0.25) is 0 Å². The number of nitrogens with zero attached hydrogens (tertiary/aromatic N) is 1. The first-order valence-electron chi connectivity index (χ1n) is 4.94. The Morgan fingerprint density at radius 1 is 1.07 bits per heavy atom. The number of anilines is 1. The van der Waals surface area contributed by atoms with Crippen LogP contribution in [0.5, 0.6) is 0 Å². The van der Waals surface area contributed by atoms with Crippen LogP contribution in [-0.2, 0) is 0 Å². The lowest BCUT2D eigenvalue weighted by Gasteiger charge is -2.20. The van der Waals surface area contributed by atoms with Crippen LogP contribution in [0.15, 0.2) is 18.2 Å². The van der Waals surface area contributed by atoms with Crippen LogP contribution in [0.25, 0.3) is 0 Å². The molecule has 2 atom stereocenters. The van der Waals surface area contributed by atoms with Crippen molar-refractivity contribution in [3.8, 4) is 0 Å². The molecule has 0 radical (unpaired) electrons. The maximum atomic E-state index is 5.98. The van der Waals surface area contributed by atoms with Crippen LogP contribution < -0.4 is 4.90 Å². The molecular weight excluding hydrogens is 217 g/mol. The molecule has 0 amide bonds. The number of benzene rings is 1. The first kappa shape index (κ1) is 8.87. The highest BCUT2D eigenvalue weighted by Crippen LogP contribution is 2.46. The Balaban J connectivity index is 1.86. The summed E-state index contributed by atoms with van der Waals surface area (Å²) < 4.78 is 0. The second-order valence-corrected chi connectivity index (χ2v) is 5.07. The second kappa shape index (κ2) is 3.04. The summed E-state index contributed by atoms with van der Waals surface area (Å²) in [6, 6.07) is 5.90. The molecule has 2 unspecified atom stereocenters. The number of rotatable bonds is 1. The van der Waals surface area contributed by atoms with Gasteiger partial charge in [0.25, 0.3) is 0 Å². The molecule has 74 valence electrons. The number of hydrogen-bond acceptors (Lipinski definition) is 1. The van der Waals surface area contributed by atoms with Crippen LogP contribution in [0.1, 0.15) is 6.42 Å². The van der Waals surface area contributed by atoms with E-state index < -0.39 is 0 Å². The third kappa shape index (κ3) is 1.39. The number of piperidine rings is 1. The quantitative estimate of drug-likeness (QED) is 0.711. The van der Waals surface area contributed by atoms with Crippen LogP contribution in [-0.4, -0.2) is 13.1 Å². The Morgan fingerprint density at radius 2 is 1.79 bits per heavy atom. The van der Waals surface area contributed by atoms with E-state index >= 15 is 0 Å². The molecule has 0 aromatic heterocycles. The van der Waals surface area contributed by atoms with Crippen LogP contribution >= 0.6 is 23.2 Å². The molecule has 3 rings (SSSR count). The predicted molar refractivity (Wildman–Crippen MR) is 60.3 cm³/mol. The third-order valence-corrected chi connectivity index (χ3v) is 3.99. The summed E-state index contributed by atoms with van der Waals surface area (Å²) in [6.45, 7) is 2.39. The van der Waals surface area contributed by atoms with Gasteiger partial charge in [-0.15, -0.1) is 0 Å². The number of halogens is 2. The number of fused-ring (bicyclic) bond motifs is 1. The topological polar surface area (TPSA) is 3.24 Å². The summed E-state index contributed by atoms with van der Waals surface area (Å²) in [5, 5.41) is 1.30. The van der Waals surface area contributed by atoms with Gasteiger partial charge < -0.3 is 4.90 Å². The van der Waals surface area contributed by atoms with Crippen LogP contribution in [0.3, 0.4) is 0 Å². The van der Waals surface area contributed by atoms with Crippen molar-refractivity contribution in [2.45, 2.75) is 6.42 Å². The van der Waals surface area contributed by atoms with E-state index in [1.807, 2.05) is 12.1 Å². The first-order valence-corrected chi connectivity index (χ1v) is 5.69. The van der Waals surface area contributed by atoms with Crippen LogP contribution in [0.2, 0.25) is 10.0 Å². The zero-order valence-corrected chi connectivity index (χ0v) is 9.22. The maximum Gasteiger partial charge on any atom is 0.0612 e. The fraction of sp³-hybridized carbons (Fsp3) is 0.455. The van der Waals surface area contributed by atoms with Crippen molar-refractivity contribution in [1.29, 1.82) is 0 Å². The molecule has 1 aromatic rings. The largest absolute Gasteiger partial charge is 0.371 e. The van der Waals surface area contributed by atoms with E-state index in [1.54, 1.807) is 0 Å². The Kier molecular flexibility index (Phi) is 1.93. The highest BCUT2D eigenvalue weighted by molar-refractivity contribution is 6.42. The van der Waals surface area contributed by atoms with Gasteiger partial charge in [0, 0.05) is 18.8 Å². The zero-order chi connectivity index (χ0) is 9.71. The van der Waals surface area contributed by atoms with E-state index in [9.17, 15) is 0 Å². The lowest BCUT2D eigenvalue weighted by molar-refractivity contribution is 0.820. The summed E-state index contributed by atoms with van der Waals surface area (Å²) in [5.74, 6) is 1.90. The summed E-state index contributed by atoms with van der Waals surface area (Å²) in [7, 11) is 0. The lowest BCUT2D eigenvalue weighted by Crippen LogP contribution is -2.21. The Labute approximate surface area is 93.6 Å². The van der Waals surface area contributed by atoms with Gasteiger partial charge in [-0.2, -0.15) is 0 Å². The van der Waals surface area contributed by atoms with Crippen molar-refractivity contribution >= 4 is 28.9 Å². The fourth-order valence-corrected chi connectivity index (χ4v) is 2.58. The molecule has 0 bridgehead atoms. The smallest absolute Gasteiger partial charge is 0.0612 e. The zero-order valence-electron chi connectivity index (χ0n) is 7.71. The van der Waals surface area contributed by atoms with Crippen molar-refractivity contribution in [3.63, 3.8) is 0 Å². The minimum atomic E-state index is 0.639. The fourth-order valence-electron chi connectivity index (χ4n) is 2.29. The van der Waals surface area contributed by atoms with Gasteiger partial charge >= 0.3 is 0 Å². The molecule has 1 aromatic carbocycles. The van der Waals surface area contributed by atoms with E-state index in [0.717, 1.165) is 11.8 Å². The van der Waals surface area contributed by atoms with Crippen molar-refractivity contribution in [3.05, 3.63) is 28.2 Å². The first-order chi connectivity index (χ1) is 6.74. The van der Waals surface area contributed by atoms with Gasteiger partial charge in [0.05, 0.1) is 10.0 Å². The SMILES string of the molecule is Clc1ccc(N2CC3CC3C2)cc1Cl. The average Bonchev–Trinajstić information content (AvgIpc) is 2.78. The minimum Gasteiger partial charge on any atom is -0.371 e. The van der Waals surface area contributed by atoms with E-state index in [1.165, 1.54) is 25.2 Å². The molecule has 0 spiro atoms. The summed E-state index contributed by atoms with van der Waals surface area (Å²) in [6.07, 6.45) is 1.43. The molecule has 3 heteroatoms. The second-order valence-electron chi connectivity index (χ2n) is 4.26. The van der Waals surface area contributed by atoms with Crippen molar-refractivity contribution < 1.29 is 0 Å². The van der Waals surface area contributed by atoms with Gasteiger partial charge in [0.2, 0.25) is 0 Å². The summed E-state index contributed by atoms with van der Waals surface area (Å²) in [4.78, 5) is 2.40. The molecule has 2 aliphatic rings. The van der Waals surface area contributed by atoms with Crippen LogP contribution in [0, 0.1) is 11.8 Å². The lowest BCUT2D eigenvalue weighted by atomic mass is 10.3. The normalized spacial score (nSPS) is 29.1. The Hall–Kier alpha value is -0.400. The molecular formula is C11H11Cl2N. The van der Waals surface area contributed by atoms with Crippen molar-refractivity contribution in [2.75, 3.05) is 18.0 Å². The molecule has 1 nitrogen and oxygen atoms in total. The Morgan fingerprint density at radius 3 is 2.43 bits per heavy atom. The number of hydrogen-bond donors (Lipinski definition) is 0. The van der Waals surface area contributed by atoms with E-state index in [0.29, 0.717) is 10.0 Å². The highest BCUT2D eigenvalue weighted by Gasteiger charge is 2.45. The summed E-state index contributed by atoms with van der Waals surface area (Å²) >= 11 is 11.9. The van der Waals surface area contributed by atoms with Gasteiger partial charge in [-0.25, -0.2) is 0 Å². The van der Waals surface area contributed by atoms with Crippen LogP contribution in [0.4, 0.5) is 5.69 Å². The maximum absolute atomic E-state index is 5.98. The monoisotopic (exact) mass is 227 g/mol. The van der Waals surface area contributed by atoms with E-state index in [2.05, 4.69) is 11.0 Å². The third-order valence-electron chi connectivity index (χ3n) is 3.25. The van der Waals surface area contributed by atoms with Gasteiger partial charge in [-0.05, 0) is 36.5 Å². The predicted octanol–water partition coefficient (Wildman–Crippen LogP) is 3.45. The highest BCUT2D eigenvalue weighted by atomic mass is 35.5. The Bertz CT molecular complexity index is 368. The molecule has 1 saturated carbocycles. The minimum absolute atomic E-state index is 0.639. The molecule has 1 heterocycles. The van der Waals surface area contributed by atoms with Gasteiger partial charge in [0.15, 0.2) is 0 Å². The molecule has 1 aliphatic heterocycles. The van der Waals surface area contributed by atoms with E-state index in [-0.39, 0.29) is 0 Å². The molecule has 1 aliphatic carbocycles. The van der Waals surface area contributed by atoms with Crippen molar-refractivity contribution in [1.82, 2.24) is 0 Å². The molecule has 2 fully saturated rings. The van der Waals surface area contributed by atoms with E-state index in [4.69, 9.17) is 23.2 Å². The molecule has 14 heavy (non-hydrogen) atoms. The molecule has 0 N–H and O–H groups in total. The van der Waals surface area contributed by atoms with Crippen molar-refractivity contribution in [2.24, 2.45) is 11.8 Å². The van der Waals surface area contributed by atoms with Gasteiger partial charge in [0.1, 0.15) is 0 Å². The van der Waals surface area contributed by atoms with Gasteiger partial charge in [-0.1, -0.05) is 23.2 Å². The molecule has 1 saturated heterocycles. The summed E-state index contributed by atoms with van der Waals surface area (Å²) in [5.41, 5.74) is 1.21.